The highest BCUT2D eigenvalue weighted by Gasteiger charge is 2.71. The quantitative estimate of drug-likeness (QED) is 0.497. The molecule has 7 atom stereocenters. The maximum Gasteiger partial charge on any atom is 0.247 e. The molecule has 8 nitrogen and oxygen atoms in total. The highest BCUT2D eigenvalue weighted by atomic mass is 32.2. The molecule has 0 aromatic heterocycles. The van der Waals surface area contributed by atoms with Gasteiger partial charge >= 0.3 is 0 Å². The average molecular weight is 554 g/mol. The molecule has 4 heterocycles. The number of carbonyl (C=O) groups is 3. The molecule has 5 rings (SSSR count). The van der Waals surface area contributed by atoms with Crippen molar-refractivity contribution in [3.05, 3.63) is 48.6 Å². The zero-order chi connectivity index (χ0) is 27.9. The fourth-order valence-electron chi connectivity index (χ4n) is 6.75. The van der Waals surface area contributed by atoms with Crippen LogP contribution in [0.15, 0.2) is 48.6 Å². The highest BCUT2D eigenvalue weighted by molar-refractivity contribution is 8.02. The Balaban J connectivity index is 1.55. The van der Waals surface area contributed by atoms with E-state index in [-0.39, 0.29) is 35.6 Å². The van der Waals surface area contributed by atoms with Crippen LogP contribution in [-0.4, -0.2) is 87.1 Å². The van der Waals surface area contributed by atoms with Gasteiger partial charge < -0.3 is 24.5 Å². The molecule has 1 aromatic rings. The van der Waals surface area contributed by atoms with Gasteiger partial charge in [-0.25, -0.2) is 0 Å². The van der Waals surface area contributed by atoms with Gasteiger partial charge in [-0.15, -0.1) is 11.8 Å². The molecule has 210 valence electrons. The van der Waals surface area contributed by atoms with Crippen LogP contribution in [0.3, 0.4) is 0 Å². The minimum absolute atomic E-state index is 0.0243. The summed E-state index contributed by atoms with van der Waals surface area (Å²) in [4.78, 5) is 48.0. The van der Waals surface area contributed by atoms with Crippen molar-refractivity contribution in [3.8, 4) is 5.75 Å². The lowest BCUT2D eigenvalue weighted by Gasteiger charge is -2.39. The monoisotopic (exact) mass is 553 g/mol. The van der Waals surface area contributed by atoms with E-state index in [4.69, 9.17) is 4.74 Å². The second kappa shape index (κ2) is 11.0. The zero-order valence-corrected chi connectivity index (χ0v) is 24.0. The minimum atomic E-state index is -0.880. The lowest BCUT2D eigenvalue weighted by Crippen LogP contribution is -2.57. The Morgan fingerprint density at radius 2 is 1.77 bits per heavy atom. The van der Waals surface area contributed by atoms with Crippen LogP contribution >= 0.6 is 11.8 Å². The van der Waals surface area contributed by atoms with E-state index >= 15 is 0 Å². The topological polar surface area (TPSA) is 90.4 Å². The number of fused-ring (bicyclic) bond motifs is 2. The number of amides is 3. The van der Waals surface area contributed by atoms with Crippen LogP contribution in [0.4, 0.5) is 5.69 Å². The normalized spacial score (nSPS) is 31.5. The average Bonchev–Trinajstić information content (AvgIpc) is 3.25. The predicted molar refractivity (Wildman–Crippen MR) is 153 cm³/mol. The summed E-state index contributed by atoms with van der Waals surface area (Å²) >= 11 is 1.57. The maximum absolute atomic E-state index is 14.3. The van der Waals surface area contributed by atoms with Crippen LogP contribution in [0.25, 0.3) is 0 Å². The third-order valence-corrected chi connectivity index (χ3v) is 10.3. The number of rotatable bonds is 8. The maximum atomic E-state index is 14.3. The van der Waals surface area contributed by atoms with E-state index < -0.39 is 28.7 Å². The van der Waals surface area contributed by atoms with Crippen molar-refractivity contribution < 1.29 is 24.2 Å². The molecule has 3 amide bonds. The summed E-state index contributed by atoms with van der Waals surface area (Å²) in [5.41, 5.74) is 0.745. The van der Waals surface area contributed by atoms with E-state index in [2.05, 4.69) is 6.92 Å². The number of aliphatic hydroxyl groups is 1. The minimum Gasteiger partial charge on any atom is -0.494 e. The number of likely N-dealkylation sites (tertiary alicyclic amines) is 1. The number of anilines is 1. The van der Waals surface area contributed by atoms with E-state index in [1.54, 1.807) is 28.5 Å². The Morgan fingerprint density at radius 1 is 1.03 bits per heavy atom. The number of nitrogens with zero attached hydrogens (tertiary/aromatic N) is 3. The summed E-state index contributed by atoms with van der Waals surface area (Å²) in [6.07, 6.45) is 9.89. The van der Waals surface area contributed by atoms with E-state index in [0.717, 1.165) is 24.3 Å². The van der Waals surface area contributed by atoms with Gasteiger partial charge in [-0.2, -0.15) is 0 Å². The Hall–Kier alpha value is -2.78. The Bertz CT molecular complexity index is 1170. The molecule has 0 bridgehead atoms. The standard InChI is InChI=1S/C30H39N3O5S/c1-5-9-19(3)31-17-8-15-30-25(28(36)33(20(4)18-34)26(30)29(31)37)24-23(39-30)10-7-16-32(27(24)35)21-11-13-22(14-12-21)38-6-2/h7-8,10-15,19-20,23-26,34H,5-6,9,16-18H2,1-4H3/t19?,20-,23+,24-,25+,26?,30+/m1/s1. The van der Waals surface area contributed by atoms with Gasteiger partial charge in [0.1, 0.15) is 11.8 Å². The van der Waals surface area contributed by atoms with Gasteiger partial charge in [0.15, 0.2) is 0 Å². The van der Waals surface area contributed by atoms with Crippen molar-refractivity contribution in [1.29, 1.82) is 0 Å². The number of aliphatic hydroxyl groups excluding tert-OH is 1. The molecule has 1 spiro atoms. The van der Waals surface area contributed by atoms with Crippen molar-refractivity contribution in [3.63, 3.8) is 0 Å². The van der Waals surface area contributed by atoms with Gasteiger partial charge in [0.2, 0.25) is 17.7 Å². The molecule has 0 saturated carbocycles. The van der Waals surface area contributed by atoms with Gasteiger partial charge in [0.05, 0.1) is 35.8 Å². The molecule has 1 aromatic carbocycles. The molecule has 4 aliphatic rings. The van der Waals surface area contributed by atoms with Crippen LogP contribution in [0, 0.1) is 11.8 Å². The van der Waals surface area contributed by atoms with Crippen LogP contribution < -0.4 is 9.64 Å². The van der Waals surface area contributed by atoms with Crippen molar-refractivity contribution in [2.75, 3.05) is 31.2 Å². The molecule has 0 radical (unpaired) electrons. The number of hydrogen-bond donors (Lipinski definition) is 1. The van der Waals surface area contributed by atoms with Crippen LogP contribution in [0.5, 0.6) is 5.75 Å². The second-order valence-electron chi connectivity index (χ2n) is 11.0. The number of carbonyl (C=O) groups excluding carboxylic acids is 3. The number of ether oxygens (including phenoxy) is 1. The van der Waals surface area contributed by atoms with Crippen molar-refractivity contribution in [2.24, 2.45) is 11.8 Å². The first-order chi connectivity index (χ1) is 18.8. The van der Waals surface area contributed by atoms with Gasteiger partial charge in [-0.05, 0) is 51.5 Å². The Labute approximate surface area is 235 Å². The second-order valence-corrected chi connectivity index (χ2v) is 12.4. The molecule has 2 fully saturated rings. The van der Waals surface area contributed by atoms with Crippen molar-refractivity contribution in [2.45, 2.75) is 68.7 Å². The molecular formula is C30H39N3O5S. The largest absolute Gasteiger partial charge is 0.494 e. The number of benzene rings is 1. The molecule has 0 aliphatic carbocycles. The van der Waals surface area contributed by atoms with E-state index in [1.807, 2.05) is 67.3 Å². The molecule has 9 heteroatoms. The summed E-state index contributed by atoms with van der Waals surface area (Å²) in [6, 6.07) is 6.16. The third-order valence-electron chi connectivity index (χ3n) is 8.56. The molecule has 39 heavy (non-hydrogen) atoms. The molecular weight excluding hydrogens is 514 g/mol. The highest BCUT2D eigenvalue weighted by Crippen LogP contribution is 2.61. The zero-order valence-electron chi connectivity index (χ0n) is 23.2. The van der Waals surface area contributed by atoms with Crippen LogP contribution in [0.2, 0.25) is 0 Å². The SMILES string of the molecule is CCCC(C)N1CC=C[C@]23S[C@H]4C=CCN(c5ccc(OCC)cc5)C(=O)[C@H]4[C@H]2C(=O)N([C@H](C)CO)C3C1=O. The summed E-state index contributed by atoms with van der Waals surface area (Å²) < 4.78 is 4.69. The smallest absolute Gasteiger partial charge is 0.247 e. The number of thioether (sulfide) groups is 1. The summed E-state index contributed by atoms with van der Waals surface area (Å²) in [6.45, 7) is 9.03. The lowest BCUT2D eigenvalue weighted by atomic mass is 9.78. The van der Waals surface area contributed by atoms with Gasteiger partial charge in [-0.3, -0.25) is 14.4 Å². The van der Waals surface area contributed by atoms with Crippen molar-refractivity contribution in [1.82, 2.24) is 9.80 Å². The van der Waals surface area contributed by atoms with Gasteiger partial charge in [0.25, 0.3) is 0 Å². The van der Waals surface area contributed by atoms with Crippen LogP contribution in [0.1, 0.15) is 40.5 Å². The first-order valence-electron chi connectivity index (χ1n) is 14.1. The van der Waals surface area contributed by atoms with E-state index in [0.29, 0.717) is 19.7 Å². The lowest BCUT2D eigenvalue weighted by molar-refractivity contribution is -0.146. The fraction of sp³-hybridized carbons (Fsp3) is 0.567. The van der Waals surface area contributed by atoms with Crippen molar-refractivity contribution >= 4 is 35.2 Å². The van der Waals surface area contributed by atoms with Gasteiger partial charge in [0, 0.05) is 30.1 Å². The van der Waals surface area contributed by atoms with E-state index in [9.17, 15) is 19.5 Å². The van der Waals surface area contributed by atoms with E-state index in [1.165, 1.54) is 0 Å². The molecule has 4 aliphatic heterocycles. The first-order valence-corrected chi connectivity index (χ1v) is 15.0. The third kappa shape index (κ3) is 4.47. The first kappa shape index (κ1) is 27.8. The summed E-state index contributed by atoms with van der Waals surface area (Å²) in [7, 11) is 0. The predicted octanol–water partition coefficient (Wildman–Crippen LogP) is 3.25. The summed E-state index contributed by atoms with van der Waals surface area (Å²) in [5, 5.41) is 9.89. The van der Waals surface area contributed by atoms with Gasteiger partial charge in [-0.1, -0.05) is 37.6 Å². The number of hydrogen-bond acceptors (Lipinski definition) is 6. The fourth-order valence-corrected chi connectivity index (χ4v) is 8.74. The molecule has 2 saturated heterocycles. The van der Waals surface area contributed by atoms with Crippen LogP contribution in [-0.2, 0) is 14.4 Å². The molecule has 1 N–H and O–H groups in total. The molecule has 2 unspecified atom stereocenters. The summed E-state index contributed by atoms with van der Waals surface area (Å²) in [5.74, 6) is -1.02. The Kier molecular flexibility index (Phi) is 7.84. The Morgan fingerprint density at radius 3 is 2.44 bits per heavy atom.